The van der Waals surface area contributed by atoms with Crippen LogP contribution in [0.3, 0.4) is 0 Å². The second-order valence-electron chi connectivity index (χ2n) is 11.9. The standard InChI is InChI=1S/C25H36F2N6O4S2Si/c1-25(6-7-25)33(16-37-12-13-40(3,4)5)39(34,35)17-14-18-20(23-28-29-24(38-23)22(26)27)30-31(2)21(18)19(15-17)32-8-10-36-11-9-32/h14-15,22H,6-13,16H2,1-5H3. The van der Waals surface area contributed by atoms with Crippen molar-refractivity contribution in [2.45, 2.75) is 62.3 Å². The summed E-state index contributed by atoms with van der Waals surface area (Å²) < 4.78 is 69.8. The zero-order chi connectivity index (χ0) is 28.9. The molecule has 3 aromatic rings. The van der Waals surface area contributed by atoms with Crippen LogP contribution in [0.5, 0.6) is 0 Å². The largest absolute Gasteiger partial charge is 0.378 e. The second-order valence-corrected chi connectivity index (χ2v) is 20.3. The third-order valence-corrected chi connectivity index (χ3v) is 12.0. The van der Waals surface area contributed by atoms with Crippen LogP contribution < -0.4 is 4.90 Å². The number of aromatic nitrogens is 4. The maximum absolute atomic E-state index is 14.3. The van der Waals surface area contributed by atoms with Gasteiger partial charge < -0.3 is 14.4 Å². The van der Waals surface area contributed by atoms with Crippen LogP contribution in [0.25, 0.3) is 21.6 Å². The summed E-state index contributed by atoms with van der Waals surface area (Å²) in [6, 6.07) is 4.22. The normalized spacial score (nSPS) is 17.9. The predicted molar refractivity (Wildman–Crippen MR) is 153 cm³/mol. The van der Waals surface area contributed by atoms with Gasteiger partial charge in [-0.1, -0.05) is 31.0 Å². The smallest absolute Gasteiger partial charge is 0.291 e. The van der Waals surface area contributed by atoms with E-state index >= 15 is 0 Å². The van der Waals surface area contributed by atoms with Crippen molar-refractivity contribution >= 4 is 46.0 Å². The number of halogens is 2. The van der Waals surface area contributed by atoms with Gasteiger partial charge in [0.2, 0.25) is 10.0 Å². The number of alkyl halides is 2. The quantitative estimate of drug-likeness (QED) is 0.174. The number of fused-ring (bicyclic) bond motifs is 1. The zero-order valence-electron chi connectivity index (χ0n) is 23.5. The van der Waals surface area contributed by atoms with Crippen molar-refractivity contribution in [2.24, 2.45) is 7.05 Å². The summed E-state index contributed by atoms with van der Waals surface area (Å²) >= 11 is 0.755. The fourth-order valence-corrected chi connectivity index (χ4v) is 7.95. The number of hydrogen-bond acceptors (Lipinski definition) is 9. The van der Waals surface area contributed by atoms with Gasteiger partial charge in [-0.15, -0.1) is 10.2 Å². The van der Waals surface area contributed by atoms with Crippen LogP contribution in [0, 0.1) is 0 Å². The Bertz CT molecular complexity index is 1480. The highest BCUT2D eigenvalue weighted by atomic mass is 32.2. The molecule has 1 saturated carbocycles. The van der Waals surface area contributed by atoms with Gasteiger partial charge in [-0.05, 0) is 37.9 Å². The van der Waals surface area contributed by atoms with Gasteiger partial charge in [0.05, 0.1) is 29.3 Å². The van der Waals surface area contributed by atoms with Gasteiger partial charge in [-0.25, -0.2) is 17.2 Å². The number of sulfonamides is 1. The van der Waals surface area contributed by atoms with Crippen molar-refractivity contribution in [3.8, 4) is 10.7 Å². The summed E-state index contributed by atoms with van der Waals surface area (Å²) in [6.07, 6.45) is -1.25. The molecule has 0 bridgehead atoms. The van der Waals surface area contributed by atoms with Gasteiger partial charge in [0, 0.05) is 45.7 Å². The Morgan fingerprint density at radius 3 is 2.50 bits per heavy atom. The summed E-state index contributed by atoms with van der Waals surface area (Å²) in [5.74, 6) is 0. The number of morpholine rings is 1. The lowest BCUT2D eigenvalue weighted by Crippen LogP contribution is -2.42. The first-order chi connectivity index (χ1) is 18.8. The maximum Gasteiger partial charge on any atom is 0.291 e. The van der Waals surface area contributed by atoms with E-state index in [2.05, 4.69) is 39.8 Å². The van der Waals surface area contributed by atoms with E-state index in [-0.39, 0.29) is 16.6 Å². The molecule has 0 spiro atoms. The Labute approximate surface area is 238 Å². The third-order valence-electron chi connectivity index (χ3n) is 7.44. The molecule has 0 radical (unpaired) electrons. The summed E-state index contributed by atoms with van der Waals surface area (Å²) in [4.78, 5) is 2.19. The molecule has 1 saturated heterocycles. The zero-order valence-corrected chi connectivity index (χ0v) is 26.1. The van der Waals surface area contributed by atoms with Crippen LogP contribution in [0.1, 0.15) is 31.2 Å². The van der Waals surface area contributed by atoms with Crippen molar-refractivity contribution in [3.63, 3.8) is 0 Å². The first-order valence-electron chi connectivity index (χ1n) is 13.4. The molecule has 1 aliphatic heterocycles. The molecule has 2 aliphatic rings. The van der Waals surface area contributed by atoms with Crippen LogP contribution in [0.2, 0.25) is 25.7 Å². The predicted octanol–water partition coefficient (Wildman–Crippen LogP) is 4.72. The van der Waals surface area contributed by atoms with Gasteiger partial charge in [-0.2, -0.15) is 9.40 Å². The monoisotopic (exact) mass is 614 g/mol. The van der Waals surface area contributed by atoms with Crippen molar-refractivity contribution in [1.29, 1.82) is 0 Å². The van der Waals surface area contributed by atoms with Crippen LogP contribution in [0.15, 0.2) is 17.0 Å². The lowest BCUT2D eigenvalue weighted by Gasteiger charge is -2.31. The number of nitrogens with zero attached hydrogens (tertiary/aromatic N) is 6. The van der Waals surface area contributed by atoms with Gasteiger partial charge in [0.25, 0.3) is 6.43 Å². The van der Waals surface area contributed by atoms with Crippen LogP contribution >= 0.6 is 11.3 Å². The van der Waals surface area contributed by atoms with E-state index < -0.39 is 35.1 Å². The van der Waals surface area contributed by atoms with Crippen LogP contribution in [0.4, 0.5) is 14.5 Å². The fourth-order valence-electron chi connectivity index (χ4n) is 4.74. The fraction of sp³-hybridized carbons (Fsp3) is 0.640. The summed E-state index contributed by atoms with van der Waals surface area (Å²) in [6.45, 7) is 11.3. The number of anilines is 1. The third kappa shape index (κ3) is 5.95. The molecule has 2 aromatic heterocycles. The molecule has 15 heteroatoms. The molecule has 2 fully saturated rings. The van der Waals surface area contributed by atoms with Gasteiger partial charge in [0.15, 0.2) is 10.0 Å². The Morgan fingerprint density at radius 1 is 1.20 bits per heavy atom. The SMILES string of the molecule is Cn1nc(-c2nnc(C(F)F)s2)c2cc(S(=O)(=O)N(COCC[Si](C)(C)C)C3(C)CC3)cc(N3CCOCC3)c21. The lowest BCUT2D eigenvalue weighted by molar-refractivity contribution is 0.0591. The van der Waals surface area contributed by atoms with E-state index in [0.717, 1.165) is 30.2 Å². The minimum atomic E-state index is -3.99. The molecular formula is C25H36F2N6O4S2Si. The molecule has 1 aromatic carbocycles. The number of aryl methyl sites for hydroxylation is 1. The van der Waals surface area contributed by atoms with Crippen molar-refractivity contribution in [1.82, 2.24) is 24.3 Å². The van der Waals surface area contributed by atoms with E-state index in [1.165, 1.54) is 4.31 Å². The lowest BCUT2D eigenvalue weighted by atomic mass is 10.1. The van der Waals surface area contributed by atoms with Crippen LogP contribution in [-0.4, -0.2) is 86.0 Å². The summed E-state index contributed by atoms with van der Waals surface area (Å²) in [5.41, 5.74) is 1.19. The molecule has 40 heavy (non-hydrogen) atoms. The Kier molecular flexibility index (Phi) is 8.09. The first kappa shape index (κ1) is 29.4. The summed E-state index contributed by atoms with van der Waals surface area (Å²) in [7, 11) is -3.58. The van der Waals surface area contributed by atoms with Crippen molar-refractivity contribution in [3.05, 3.63) is 17.1 Å². The number of hydrogen-bond donors (Lipinski definition) is 0. The minimum Gasteiger partial charge on any atom is -0.378 e. The highest BCUT2D eigenvalue weighted by Gasteiger charge is 2.49. The number of rotatable bonds is 11. The Balaban J connectivity index is 1.61. The van der Waals surface area contributed by atoms with Crippen molar-refractivity contribution < 1.29 is 26.7 Å². The molecule has 10 nitrogen and oxygen atoms in total. The van der Waals surface area contributed by atoms with Crippen LogP contribution in [-0.2, 0) is 26.5 Å². The molecule has 1 aliphatic carbocycles. The molecule has 0 N–H and O–H groups in total. The highest BCUT2D eigenvalue weighted by molar-refractivity contribution is 7.89. The first-order valence-corrected chi connectivity index (χ1v) is 19.3. The molecule has 5 rings (SSSR count). The molecule has 220 valence electrons. The van der Waals surface area contributed by atoms with Gasteiger partial charge in [-0.3, -0.25) is 4.68 Å². The number of ether oxygens (including phenoxy) is 2. The van der Waals surface area contributed by atoms with E-state index in [1.54, 1.807) is 23.9 Å². The van der Waals surface area contributed by atoms with Gasteiger partial charge in [0.1, 0.15) is 12.4 Å². The van der Waals surface area contributed by atoms with E-state index in [9.17, 15) is 17.2 Å². The van der Waals surface area contributed by atoms with Gasteiger partial charge >= 0.3 is 0 Å². The van der Waals surface area contributed by atoms with E-state index in [1.807, 2.05) is 6.92 Å². The molecule has 3 heterocycles. The molecule has 0 amide bonds. The summed E-state index contributed by atoms with van der Waals surface area (Å²) in [5, 5.41) is 12.5. The Hall–Kier alpha value is -2.04. The average molecular weight is 615 g/mol. The number of benzene rings is 1. The molecule has 0 unspecified atom stereocenters. The van der Waals surface area contributed by atoms with Crippen molar-refractivity contribution in [2.75, 3.05) is 44.5 Å². The molecule has 0 atom stereocenters. The highest BCUT2D eigenvalue weighted by Crippen LogP contribution is 2.45. The average Bonchev–Trinajstić information content (AvgIpc) is 3.30. The molecular weight excluding hydrogens is 579 g/mol. The maximum atomic E-state index is 14.3. The van der Waals surface area contributed by atoms with E-state index in [0.29, 0.717) is 55.2 Å². The second kappa shape index (κ2) is 11.0. The van der Waals surface area contributed by atoms with E-state index in [4.69, 9.17) is 9.47 Å². The minimum absolute atomic E-state index is 0.0255. The Morgan fingerprint density at radius 2 is 1.90 bits per heavy atom. The topological polar surface area (TPSA) is 103 Å².